The third-order valence-corrected chi connectivity index (χ3v) is 3.66. The number of hydrogen-bond donors (Lipinski definition) is 2. The number of aromatic nitrogens is 1. The molecule has 0 fully saturated rings. The summed E-state index contributed by atoms with van der Waals surface area (Å²) in [5.74, 6) is 0.302. The number of nitrogens with zero attached hydrogens (tertiary/aromatic N) is 1. The van der Waals surface area contributed by atoms with E-state index >= 15 is 0 Å². The molecule has 6 heteroatoms. The molecule has 24 heavy (non-hydrogen) atoms. The van der Waals surface area contributed by atoms with Crippen molar-refractivity contribution in [3.05, 3.63) is 65.3 Å². The molecule has 1 aromatic heterocycles. The highest BCUT2D eigenvalue weighted by Gasteiger charge is 2.09. The zero-order chi connectivity index (χ0) is 16.9. The Balaban J connectivity index is 1.72. The average molecular weight is 343 g/mol. The summed E-state index contributed by atoms with van der Waals surface area (Å²) < 4.78 is 5.80. The maximum Gasteiger partial charge on any atom is 0.317 e. The zero-order valence-corrected chi connectivity index (χ0v) is 13.5. The highest BCUT2D eigenvalue weighted by Crippen LogP contribution is 2.27. The molecular formula is C18H15ClN2O3. The predicted octanol–water partition coefficient (Wildman–Crippen LogP) is 3.84. The number of hydrogen-bond acceptors (Lipinski definition) is 4. The Bertz CT molecular complexity index is 843. The molecule has 0 aliphatic heterocycles. The Hall–Kier alpha value is -2.63. The van der Waals surface area contributed by atoms with Crippen LogP contribution in [-0.4, -0.2) is 22.6 Å². The second-order valence-electron chi connectivity index (χ2n) is 5.23. The van der Waals surface area contributed by atoms with Crippen molar-refractivity contribution in [2.75, 3.05) is 6.54 Å². The van der Waals surface area contributed by atoms with E-state index in [1.807, 2.05) is 36.4 Å². The van der Waals surface area contributed by atoms with Crippen LogP contribution in [0.4, 0.5) is 0 Å². The normalized spacial score (nSPS) is 10.7. The summed E-state index contributed by atoms with van der Waals surface area (Å²) in [6.07, 6.45) is 1.67. The minimum Gasteiger partial charge on any atom is -0.480 e. The van der Waals surface area contributed by atoms with Crippen LogP contribution in [0.3, 0.4) is 0 Å². The van der Waals surface area contributed by atoms with E-state index in [2.05, 4.69) is 10.3 Å². The second-order valence-corrected chi connectivity index (χ2v) is 5.67. The van der Waals surface area contributed by atoms with Gasteiger partial charge >= 0.3 is 5.97 Å². The molecule has 5 nitrogen and oxygen atoms in total. The fraction of sp³-hybridized carbons (Fsp3) is 0.111. The molecule has 3 aromatic rings. The molecule has 2 N–H and O–H groups in total. The molecule has 122 valence electrons. The third kappa shape index (κ3) is 4.01. The van der Waals surface area contributed by atoms with Crippen LogP contribution in [0.15, 0.2) is 59.1 Å². The van der Waals surface area contributed by atoms with Gasteiger partial charge in [-0.2, -0.15) is 0 Å². The van der Waals surface area contributed by atoms with Gasteiger partial charge in [0.15, 0.2) is 5.76 Å². The predicted molar refractivity (Wildman–Crippen MR) is 91.7 cm³/mol. The molecule has 2 aromatic carbocycles. The molecule has 0 atom stereocenters. The minimum atomic E-state index is -0.873. The zero-order valence-electron chi connectivity index (χ0n) is 12.7. The first-order valence-corrected chi connectivity index (χ1v) is 7.73. The maximum atomic E-state index is 10.5. The summed E-state index contributed by atoms with van der Waals surface area (Å²) in [5, 5.41) is 12.1. The van der Waals surface area contributed by atoms with Crippen molar-refractivity contribution in [2.24, 2.45) is 0 Å². The highest BCUT2D eigenvalue weighted by atomic mass is 35.5. The maximum absolute atomic E-state index is 10.5. The Morgan fingerprint density at radius 2 is 1.96 bits per heavy atom. The molecule has 3 rings (SSSR count). The van der Waals surface area contributed by atoms with Crippen LogP contribution in [0.5, 0.6) is 0 Å². The number of oxazole rings is 1. The molecule has 0 amide bonds. The quantitative estimate of drug-likeness (QED) is 0.712. The van der Waals surface area contributed by atoms with E-state index in [1.165, 1.54) is 0 Å². The molecule has 1 heterocycles. The van der Waals surface area contributed by atoms with Crippen molar-refractivity contribution in [2.45, 2.75) is 6.54 Å². The Morgan fingerprint density at radius 1 is 1.17 bits per heavy atom. The van der Waals surface area contributed by atoms with Gasteiger partial charge in [0.05, 0.1) is 12.7 Å². The fourth-order valence-electron chi connectivity index (χ4n) is 2.26. The summed E-state index contributed by atoms with van der Waals surface area (Å²) in [6.45, 7) is 0.434. The van der Waals surface area contributed by atoms with E-state index in [9.17, 15) is 4.79 Å². The van der Waals surface area contributed by atoms with Crippen molar-refractivity contribution >= 4 is 17.6 Å². The molecule has 0 bridgehead atoms. The molecule has 0 saturated carbocycles. The minimum absolute atomic E-state index is 0.0626. The highest BCUT2D eigenvalue weighted by molar-refractivity contribution is 6.30. The molecule has 0 radical (unpaired) electrons. The van der Waals surface area contributed by atoms with Crippen LogP contribution in [0.2, 0.25) is 5.02 Å². The number of rotatable bonds is 6. The molecule has 0 spiro atoms. The number of carboxylic acid groups (broad SMARTS) is 1. The van der Waals surface area contributed by atoms with Gasteiger partial charge in [-0.15, -0.1) is 0 Å². The standard InChI is InChI=1S/C18H15ClN2O3/c19-15-3-1-2-14(8-15)18-21-10-16(24-18)13-6-4-12(5-7-13)9-20-11-17(22)23/h1-8,10,20H,9,11H2,(H,22,23). The Morgan fingerprint density at radius 3 is 2.67 bits per heavy atom. The van der Waals surface area contributed by atoms with Crippen LogP contribution in [0.25, 0.3) is 22.8 Å². The van der Waals surface area contributed by atoms with E-state index in [0.29, 0.717) is 23.2 Å². The summed E-state index contributed by atoms with van der Waals surface area (Å²) in [5.41, 5.74) is 2.72. The first kappa shape index (κ1) is 16.2. The largest absolute Gasteiger partial charge is 0.480 e. The number of aliphatic carboxylic acids is 1. The van der Waals surface area contributed by atoms with E-state index in [-0.39, 0.29) is 6.54 Å². The van der Waals surface area contributed by atoms with Crippen molar-refractivity contribution in [1.82, 2.24) is 10.3 Å². The number of carbonyl (C=O) groups is 1. The van der Waals surface area contributed by atoms with Crippen molar-refractivity contribution in [3.8, 4) is 22.8 Å². The van der Waals surface area contributed by atoms with Crippen LogP contribution >= 0.6 is 11.6 Å². The topological polar surface area (TPSA) is 75.4 Å². The summed E-state index contributed by atoms with van der Waals surface area (Å²) in [6, 6.07) is 15.0. The van der Waals surface area contributed by atoms with E-state index < -0.39 is 5.97 Å². The SMILES string of the molecule is O=C(O)CNCc1ccc(-c2cnc(-c3cccc(Cl)c3)o2)cc1. The van der Waals surface area contributed by atoms with Gasteiger partial charge in [-0.05, 0) is 23.8 Å². The molecule has 0 unspecified atom stereocenters. The number of halogens is 1. The first-order valence-electron chi connectivity index (χ1n) is 7.35. The van der Waals surface area contributed by atoms with Crippen LogP contribution in [-0.2, 0) is 11.3 Å². The van der Waals surface area contributed by atoms with Crippen LogP contribution < -0.4 is 5.32 Å². The van der Waals surface area contributed by atoms with Gasteiger partial charge in [-0.1, -0.05) is 41.9 Å². The lowest BCUT2D eigenvalue weighted by atomic mass is 10.1. The first-order chi connectivity index (χ1) is 11.6. The van der Waals surface area contributed by atoms with Gasteiger partial charge < -0.3 is 14.8 Å². The molecule has 0 saturated heterocycles. The van der Waals surface area contributed by atoms with Crippen molar-refractivity contribution < 1.29 is 14.3 Å². The van der Waals surface area contributed by atoms with Gasteiger partial charge in [-0.25, -0.2) is 4.98 Å². The van der Waals surface area contributed by atoms with Crippen molar-refractivity contribution in [3.63, 3.8) is 0 Å². The average Bonchev–Trinajstić information content (AvgIpc) is 3.05. The van der Waals surface area contributed by atoms with E-state index in [4.69, 9.17) is 21.1 Å². The van der Waals surface area contributed by atoms with Gasteiger partial charge in [0.2, 0.25) is 5.89 Å². The Kier molecular flexibility index (Phi) is 4.93. The van der Waals surface area contributed by atoms with E-state index in [1.54, 1.807) is 18.3 Å². The monoisotopic (exact) mass is 342 g/mol. The number of nitrogens with one attached hydrogen (secondary N) is 1. The van der Waals surface area contributed by atoms with Gasteiger partial charge in [0.25, 0.3) is 0 Å². The molecule has 0 aliphatic carbocycles. The number of carboxylic acids is 1. The van der Waals surface area contributed by atoms with Crippen LogP contribution in [0, 0.1) is 0 Å². The summed E-state index contributed by atoms with van der Waals surface area (Å²) in [7, 11) is 0. The Labute approximate surface area is 143 Å². The van der Waals surface area contributed by atoms with Crippen molar-refractivity contribution in [1.29, 1.82) is 0 Å². The van der Waals surface area contributed by atoms with Gasteiger partial charge in [0, 0.05) is 22.7 Å². The smallest absolute Gasteiger partial charge is 0.317 e. The van der Waals surface area contributed by atoms with Crippen LogP contribution in [0.1, 0.15) is 5.56 Å². The lowest BCUT2D eigenvalue weighted by molar-refractivity contribution is -0.135. The molecule has 0 aliphatic rings. The fourth-order valence-corrected chi connectivity index (χ4v) is 2.45. The second kappa shape index (κ2) is 7.29. The van der Waals surface area contributed by atoms with E-state index in [0.717, 1.165) is 16.7 Å². The summed E-state index contributed by atoms with van der Waals surface area (Å²) in [4.78, 5) is 14.8. The summed E-state index contributed by atoms with van der Waals surface area (Å²) >= 11 is 5.99. The third-order valence-electron chi connectivity index (χ3n) is 3.42. The lowest BCUT2D eigenvalue weighted by Crippen LogP contribution is -2.21. The van der Waals surface area contributed by atoms with Gasteiger partial charge in [0.1, 0.15) is 0 Å². The van der Waals surface area contributed by atoms with Gasteiger partial charge in [-0.3, -0.25) is 4.79 Å². The lowest BCUT2D eigenvalue weighted by Gasteiger charge is -2.03. The molecular weight excluding hydrogens is 328 g/mol. The number of benzene rings is 2.